The van der Waals surface area contributed by atoms with Gasteiger partial charge in [-0.25, -0.2) is 9.97 Å². The van der Waals surface area contributed by atoms with Gasteiger partial charge in [-0.1, -0.05) is 18.2 Å². The molecule has 0 fully saturated rings. The maximum atomic E-state index is 12.5. The first kappa shape index (κ1) is 16.9. The molecule has 1 N–H and O–H groups in total. The van der Waals surface area contributed by atoms with Gasteiger partial charge in [-0.05, 0) is 36.9 Å². The van der Waals surface area contributed by atoms with Crippen molar-refractivity contribution < 1.29 is 4.79 Å². The van der Waals surface area contributed by atoms with Crippen molar-refractivity contribution in [1.29, 1.82) is 0 Å². The van der Waals surface area contributed by atoms with Crippen molar-refractivity contribution in [2.45, 2.75) is 19.9 Å². The number of nitrogens with one attached hydrogen (secondary N) is 1. The van der Waals surface area contributed by atoms with Gasteiger partial charge in [0, 0.05) is 13.1 Å². The number of thiophene rings is 1. The molecule has 132 valence electrons. The van der Waals surface area contributed by atoms with E-state index in [1.165, 1.54) is 11.3 Å². The minimum absolute atomic E-state index is 0.0432. The number of carbonyl (C=O) groups excluding carboxylic acids is 1. The molecule has 3 aromatic heterocycles. The molecule has 0 unspecified atom stereocenters. The number of para-hydroxylation sites is 2. The lowest BCUT2D eigenvalue weighted by atomic mass is 10.3. The number of imidazole rings is 1. The average molecular weight is 383 g/mol. The van der Waals surface area contributed by atoms with Gasteiger partial charge in [-0.3, -0.25) is 4.79 Å². The molecule has 0 aliphatic rings. The van der Waals surface area contributed by atoms with Crippen LogP contribution in [0.15, 0.2) is 48.1 Å². The smallest absolute Gasteiger partial charge is 0.263 e. The van der Waals surface area contributed by atoms with Gasteiger partial charge in [0.1, 0.15) is 9.88 Å². The van der Waals surface area contributed by atoms with Crippen LogP contribution in [-0.2, 0) is 6.54 Å². The van der Waals surface area contributed by atoms with Crippen LogP contribution in [0.3, 0.4) is 0 Å². The van der Waals surface area contributed by atoms with Crippen molar-refractivity contribution >= 4 is 39.6 Å². The van der Waals surface area contributed by atoms with E-state index >= 15 is 0 Å². The summed E-state index contributed by atoms with van der Waals surface area (Å²) in [5.41, 5.74) is 2.91. The van der Waals surface area contributed by atoms with Gasteiger partial charge in [0.25, 0.3) is 5.91 Å². The molecule has 0 spiro atoms. The van der Waals surface area contributed by atoms with Gasteiger partial charge in [0.2, 0.25) is 0 Å². The van der Waals surface area contributed by atoms with Gasteiger partial charge in [0.15, 0.2) is 0 Å². The second kappa shape index (κ2) is 7.39. The molecule has 26 heavy (non-hydrogen) atoms. The summed E-state index contributed by atoms with van der Waals surface area (Å²) in [6.45, 7) is 3.33. The largest absolute Gasteiger partial charge is 0.351 e. The zero-order valence-corrected chi connectivity index (χ0v) is 15.9. The standard InChI is InChI=1S/C19H18N4OS2/c1-13-17(26-19(22-13)16-8-4-11-25-16)18(24)20-9-5-10-23-12-21-14-6-2-3-7-15(14)23/h2-4,6-8,11-12H,5,9-10H2,1H3,(H,20,24). The maximum Gasteiger partial charge on any atom is 0.263 e. The highest BCUT2D eigenvalue weighted by Gasteiger charge is 2.16. The highest BCUT2D eigenvalue weighted by atomic mass is 32.1. The Bertz CT molecular complexity index is 1030. The van der Waals surface area contributed by atoms with Gasteiger partial charge >= 0.3 is 0 Å². The predicted octanol–water partition coefficient (Wildman–Crippen LogP) is 4.35. The fourth-order valence-corrected chi connectivity index (χ4v) is 4.61. The molecule has 0 aliphatic heterocycles. The summed E-state index contributed by atoms with van der Waals surface area (Å²) in [5, 5.41) is 5.94. The maximum absolute atomic E-state index is 12.5. The molecule has 0 aliphatic carbocycles. The first-order valence-electron chi connectivity index (χ1n) is 8.42. The van der Waals surface area contributed by atoms with Crippen LogP contribution in [0.4, 0.5) is 0 Å². The van der Waals surface area contributed by atoms with Gasteiger partial charge in [-0.2, -0.15) is 0 Å². The first-order chi connectivity index (χ1) is 12.7. The molecule has 0 saturated heterocycles. The SMILES string of the molecule is Cc1nc(-c2cccs2)sc1C(=O)NCCCn1cnc2ccccc21. The second-order valence-electron chi connectivity index (χ2n) is 5.95. The first-order valence-corrected chi connectivity index (χ1v) is 10.1. The molecule has 7 heteroatoms. The van der Waals surface area contributed by atoms with Crippen LogP contribution in [0.1, 0.15) is 21.8 Å². The lowest BCUT2D eigenvalue weighted by Gasteiger charge is -2.06. The summed E-state index contributed by atoms with van der Waals surface area (Å²) >= 11 is 3.09. The lowest BCUT2D eigenvalue weighted by Crippen LogP contribution is -2.25. The minimum atomic E-state index is -0.0432. The molecule has 0 saturated carbocycles. The van der Waals surface area contributed by atoms with E-state index in [0.29, 0.717) is 11.4 Å². The number of fused-ring (bicyclic) bond motifs is 1. The number of aromatic nitrogens is 3. The van der Waals surface area contributed by atoms with E-state index < -0.39 is 0 Å². The Morgan fingerprint density at radius 2 is 2.12 bits per heavy atom. The molecule has 5 nitrogen and oxygen atoms in total. The Morgan fingerprint density at radius 1 is 1.23 bits per heavy atom. The van der Waals surface area contributed by atoms with Crippen molar-refractivity contribution in [2.75, 3.05) is 6.54 Å². The number of benzene rings is 1. The molecule has 1 amide bonds. The zero-order chi connectivity index (χ0) is 17.9. The van der Waals surface area contributed by atoms with E-state index in [1.807, 2.05) is 49.0 Å². The van der Waals surface area contributed by atoms with E-state index in [-0.39, 0.29) is 5.91 Å². The Kier molecular flexibility index (Phi) is 4.81. The number of rotatable bonds is 6. The number of aryl methyl sites for hydroxylation is 2. The van der Waals surface area contributed by atoms with Gasteiger partial charge < -0.3 is 9.88 Å². The van der Waals surface area contributed by atoms with E-state index in [0.717, 1.165) is 39.6 Å². The van der Waals surface area contributed by atoms with Gasteiger partial charge in [-0.15, -0.1) is 22.7 Å². The number of amides is 1. The summed E-state index contributed by atoms with van der Waals surface area (Å²) in [5.74, 6) is -0.0432. The Morgan fingerprint density at radius 3 is 2.96 bits per heavy atom. The monoisotopic (exact) mass is 382 g/mol. The molecular formula is C19H18N4OS2. The van der Waals surface area contributed by atoms with Crippen molar-refractivity contribution in [2.24, 2.45) is 0 Å². The second-order valence-corrected chi connectivity index (χ2v) is 7.89. The Hall–Kier alpha value is -2.51. The summed E-state index contributed by atoms with van der Waals surface area (Å²) < 4.78 is 2.12. The van der Waals surface area contributed by atoms with E-state index in [1.54, 1.807) is 11.3 Å². The minimum Gasteiger partial charge on any atom is -0.351 e. The van der Waals surface area contributed by atoms with Crippen molar-refractivity contribution in [3.05, 3.63) is 58.7 Å². The van der Waals surface area contributed by atoms with Crippen LogP contribution in [-0.4, -0.2) is 27.0 Å². The molecule has 0 atom stereocenters. The van der Waals surface area contributed by atoms with Crippen molar-refractivity contribution in [1.82, 2.24) is 19.9 Å². The summed E-state index contributed by atoms with van der Waals surface area (Å²) in [6, 6.07) is 12.1. The summed E-state index contributed by atoms with van der Waals surface area (Å²) in [4.78, 5) is 23.2. The molecule has 0 radical (unpaired) electrons. The van der Waals surface area contributed by atoms with Crippen LogP contribution < -0.4 is 5.32 Å². The van der Waals surface area contributed by atoms with Crippen LogP contribution in [0.2, 0.25) is 0 Å². The fraction of sp³-hybridized carbons (Fsp3) is 0.211. The highest BCUT2D eigenvalue weighted by Crippen LogP contribution is 2.30. The van der Waals surface area contributed by atoms with Crippen LogP contribution in [0.5, 0.6) is 0 Å². The topological polar surface area (TPSA) is 59.8 Å². The zero-order valence-electron chi connectivity index (χ0n) is 14.3. The lowest BCUT2D eigenvalue weighted by molar-refractivity contribution is 0.0956. The average Bonchev–Trinajstić information content (AvgIpc) is 3.38. The van der Waals surface area contributed by atoms with E-state index in [9.17, 15) is 4.79 Å². The van der Waals surface area contributed by atoms with Crippen LogP contribution >= 0.6 is 22.7 Å². The van der Waals surface area contributed by atoms with E-state index in [2.05, 4.69) is 25.9 Å². The number of hydrogen-bond donors (Lipinski definition) is 1. The van der Waals surface area contributed by atoms with Crippen molar-refractivity contribution in [3.63, 3.8) is 0 Å². The van der Waals surface area contributed by atoms with Crippen LogP contribution in [0, 0.1) is 6.92 Å². The number of nitrogens with zero attached hydrogens (tertiary/aromatic N) is 3. The molecule has 4 aromatic rings. The normalized spacial score (nSPS) is 11.1. The number of thiazole rings is 1. The predicted molar refractivity (Wildman–Crippen MR) is 107 cm³/mol. The fourth-order valence-electron chi connectivity index (χ4n) is 2.83. The Balaban J connectivity index is 1.34. The van der Waals surface area contributed by atoms with Crippen LogP contribution in [0.25, 0.3) is 20.9 Å². The number of carbonyl (C=O) groups is 1. The Labute approximate surface area is 159 Å². The molecule has 1 aromatic carbocycles. The summed E-state index contributed by atoms with van der Waals surface area (Å²) in [6.07, 6.45) is 2.70. The molecule has 3 heterocycles. The third-order valence-corrected chi connectivity index (χ3v) is 6.32. The number of hydrogen-bond acceptors (Lipinski definition) is 5. The van der Waals surface area contributed by atoms with Crippen molar-refractivity contribution in [3.8, 4) is 9.88 Å². The van der Waals surface area contributed by atoms with Gasteiger partial charge in [0.05, 0.1) is 27.9 Å². The molecule has 4 rings (SSSR count). The molecular weight excluding hydrogens is 364 g/mol. The third kappa shape index (κ3) is 3.40. The molecule has 0 bridgehead atoms. The summed E-state index contributed by atoms with van der Waals surface area (Å²) in [7, 11) is 0. The van der Waals surface area contributed by atoms with E-state index in [4.69, 9.17) is 0 Å². The third-order valence-electron chi connectivity index (χ3n) is 4.12. The quantitative estimate of drug-likeness (QED) is 0.504. The highest BCUT2D eigenvalue weighted by molar-refractivity contribution is 7.22.